The number of hydrogen-bond acceptors (Lipinski definition) is 5. The third kappa shape index (κ3) is 6.70. The molecule has 0 saturated carbocycles. The number of para-hydroxylation sites is 2. The quantitative estimate of drug-likeness (QED) is 0.368. The van der Waals surface area contributed by atoms with Crippen LogP contribution in [0.2, 0.25) is 0 Å². The van der Waals surface area contributed by atoms with E-state index < -0.39 is 21.3 Å². The van der Waals surface area contributed by atoms with Gasteiger partial charge in [-0.25, -0.2) is 8.42 Å². The Balaban J connectivity index is 1.81. The van der Waals surface area contributed by atoms with Crippen molar-refractivity contribution in [1.29, 1.82) is 0 Å². The minimum Gasteiger partial charge on any atom is -0.326 e. The largest absolute Gasteiger partial charge is 0.326 e. The zero-order valence-electron chi connectivity index (χ0n) is 20.4. The average Bonchev–Trinajstić information content (AvgIpc) is 2.79. The van der Waals surface area contributed by atoms with Crippen molar-refractivity contribution in [2.75, 3.05) is 20.7 Å². The van der Waals surface area contributed by atoms with Gasteiger partial charge in [-0.2, -0.15) is 0 Å². The van der Waals surface area contributed by atoms with Gasteiger partial charge in [0, 0.05) is 23.7 Å². The van der Waals surface area contributed by atoms with Crippen LogP contribution in [0.1, 0.15) is 38.1 Å². The average molecular weight is 509 g/mol. The third-order valence-corrected chi connectivity index (χ3v) is 6.42. The molecule has 0 aromatic heterocycles. The van der Waals surface area contributed by atoms with Gasteiger partial charge in [-0.05, 0) is 48.5 Å². The molecule has 10 heteroatoms. The Labute approximate surface area is 210 Å². The number of amides is 3. The minimum atomic E-state index is -4.08. The number of carbonyl (C=O) groups excluding carboxylic acids is 3. The number of benzene rings is 3. The van der Waals surface area contributed by atoms with E-state index in [1.165, 1.54) is 37.3 Å². The fraction of sp³-hybridized carbons (Fsp3) is 0.192. The predicted octanol–water partition coefficient (Wildman–Crippen LogP) is 4.68. The highest BCUT2D eigenvalue weighted by Crippen LogP contribution is 2.26. The van der Waals surface area contributed by atoms with Gasteiger partial charge in [0.25, 0.3) is 15.9 Å². The highest BCUT2D eigenvalue weighted by Gasteiger charge is 2.23. The molecule has 0 aliphatic heterocycles. The van der Waals surface area contributed by atoms with E-state index in [0.717, 1.165) is 0 Å². The molecule has 9 nitrogen and oxygen atoms in total. The lowest BCUT2D eigenvalue weighted by atomic mass is 9.95. The Morgan fingerprint density at radius 1 is 0.694 bits per heavy atom. The van der Waals surface area contributed by atoms with Crippen molar-refractivity contribution in [1.82, 2.24) is 0 Å². The van der Waals surface area contributed by atoms with Crippen molar-refractivity contribution >= 4 is 50.5 Å². The molecule has 3 aromatic rings. The second-order valence-corrected chi connectivity index (χ2v) is 10.7. The summed E-state index contributed by atoms with van der Waals surface area (Å²) < 4.78 is 28.8. The van der Waals surface area contributed by atoms with Crippen LogP contribution in [0.15, 0.2) is 77.7 Å². The van der Waals surface area contributed by atoms with Gasteiger partial charge in [-0.3, -0.25) is 19.1 Å². The first-order valence-corrected chi connectivity index (χ1v) is 12.6. The summed E-state index contributed by atoms with van der Waals surface area (Å²) in [5, 5.41) is 7.98. The summed E-state index contributed by atoms with van der Waals surface area (Å²) in [4.78, 5) is 36.4. The van der Waals surface area contributed by atoms with Crippen molar-refractivity contribution in [2.45, 2.75) is 32.6 Å². The Kier molecular flexibility index (Phi) is 7.79. The number of rotatable bonds is 7. The standard InChI is InChI=1S/C26H28N4O5S/c1-17(31)27-21-10-6-5-9-20(21)24(32)29-22-11-7-8-12-23(22)36(34,35)30-19-15-13-18(14-16-19)28-25(33)26(2,3)4/h5-16,30H,1-4H3,(H,27,31)(H,28,33)(H,29,32). The maximum atomic E-state index is 13.2. The molecule has 0 unspecified atom stereocenters. The molecule has 0 heterocycles. The monoisotopic (exact) mass is 508 g/mol. The van der Waals surface area contributed by atoms with Crippen LogP contribution in [0, 0.1) is 5.41 Å². The fourth-order valence-corrected chi connectivity index (χ4v) is 4.35. The molecule has 36 heavy (non-hydrogen) atoms. The number of sulfonamides is 1. The Hall–Kier alpha value is -4.18. The van der Waals surface area contributed by atoms with Gasteiger partial charge >= 0.3 is 0 Å². The zero-order valence-corrected chi connectivity index (χ0v) is 21.2. The molecule has 3 rings (SSSR count). The highest BCUT2D eigenvalue weighted by molar-refractivity contribution is 7.92. The van der Waals surface area contributed by atoms with Crippen LogP contribution >= 0.6 is 0 Å². The molecule has 0 atom stereocenters. The normalized spacial score (nSPS) is 11.3. The Morgan fingerprint density at radius 2 is 1.25 bits per heavy atom. The van der Waals surface area contributed by atoms with Gasteiger partial charge < -0.3 is 16.0 Å². The van der Waals surface area contributed by atoms with E-state index in [0.29, 0.717) is 11.4 Å². The predicted molar refractivity (Wildman–Crippen MR) is 140 cm³/mol. The second kappa shape index (κ2) is 10.6. The highest BCUT2D eigenvalue weighted by atomic mass is 32.2. The first-order valence-electron chi connectivity index (χ1n) is 11.1. The maximum Gasteiger partial charge on any atom is 0.263 e. The molecule has 0 spiro atoms. The van der Waals surface area contributed by atoms with Crippen molar-refractivity contribution in [3.05, 3.63) is 78.4 Å². The zero-order chi connectivity index (χ0) is 26.5. The van der Waals surface area contributed by atoms with E-state index in [1.54, 1.807) is 63.2 Å². The number of anilines is 4. The van der Waals surface area contributed by atoms with Crippen molar-refractivity contribution in [3.8, 4) is 0 Å². The lowest BCUT2D eigenvalue weighted by molar-refractivity contribution is -0.123. The van der Waals surface area contributed by atoms with E-state index in [4.69, 9.17) is 0 Å². The Morgan fingerprint density at radius 3 is 1.86 bits per heavy atom. The molecule has 0 bridgehead atoms. The summed E-state index contributed by atoms with van der Waals surface area (Å²) in [6, 6.07) is 18.6. The van der Waals surface area contributed by atoms with Gasteiger partial charge in [0.05, 0.1) is 16.9 Å². The van der Waals surface area contributed by atoms with E-state index in [-0.39, 0.29) is 33.6 Å². The summed E-state index contributed by atoms with van der Waals surface area (Å²) in [5.41, 5.74) is 0.795. The summed E-state index contributed by atoms with van der Waals surface area (Å²) in [7, 11) is -4.08. The molecular weight excluding hydrogens is 480 g/mol. The summed E-state index contributed by atoms with van der Waals surface area (Å²) in [6.45, 7) is 6.70. The van der Waals surface area contributed by atoms with Crippen molar-refractivity contribution in [3.63, 3.8) is 0 Å². The lowest BCUT2D eigenvalue weighted by Crippen LogP contribution is -2.27. The number of hydrogen-bond donors (Lipinski definition) is 4. The van der Waals surface area contributed by atoms with Crippen LogP contribution < -0.4 is 20.7 Å². The molecule has 3 amide bonds. The van der Waals surface area contributed by atoms with Crippen LogP contribution in [0.3, 0.4) is 0 Å². The smallest absolute Gasteiger partial charge is 0.263 e. The molecule has 3 aromatic carbocycles. The van der Waals surface area contributed by atoms with Crippen LogP contribution in [-0.2, 0) is 19.6 Å². The van der Waals surface area contributed by atoms with Gasteiger partial charge in [0.15, 0.2) is 0 Å². The summed E-state index contributed by atoms with van der Waals surface area (Å²) in [5.74, 6) is -1.09. The van der Waals surface area contributed by atoms with E-state index >= 15 is 0 Å². The summed E-state index contributed by atoms with van der Waals surface area (Å²) in [6.07, 6.45) is 0. The first kappa shape index (κ1) is 26.4. The maximum absolute atomic E-state index is 13.2. The van der Waals surface area contributed by atoms with Crippen LogP contribution in [0.4, 0.5) is 22.7 Å². The molecule has 0 radical (unpaired) electrons. The van der Waals surface area contributed by atoms with Gasteiger partial charge in [0.2, 0.25) is 11.8 Å². The fourth-order valence-electron chi connectivity index (χ4n) is 3.12. The first-order chi connectivity index (χ1) is 16.9. The molecule has 0 saturated heterocycles. The molecule has 0 aliphatic carbocycles. The lowest BCUT2D eigenvalue weighted by Gasteiger charge is -2.18. The SMILES string of the molecule is CC(=O)Nc1ccccc1C(=O)Nc1ccccc1S(=O)(=O)Nc1ccc(NC(=O)C(C)(C)C)cc1. The second-order valence-electron chi connectivity index (χ2n) is 9.06. The third-order valence-electron chi connectivity index (χ3n) is 4.98. The molecule has 188 valence electrons. The van der Waals surface area contributed by atoms with E-state index in [9.17, 15) is 22.8 Å². The van der Waals surface area contributed by atoms with Crippen LogP contribution in [0.25, 0.3) is 0 Å². The van der Waals surface area contributed by atoms with Crippen molar-refractivity contribution in [2.24, 2.45) is 5.41 Å². The van der Waals surface area contributed by atoms with Gasteiger partial charge in [0.1, 0.15) is 4.90 Å². The van der Waals surface area contributed by atoms with Crippen molar-refractivity contribution < 1.29 is 22.8 Å². The Bertz CT molecular complexity index is 1390. The molecule has 0 fully saturated rings. The van der Waals surface area contributed by atoms with Crippen LogP contribution in [0.5, 0.6) is 0 Å². The van der Waals surface area contributed by atoms with E-state index in [1.807, 2.05) is 0 Å². The summed E-state index contributed by atoms with van der Waals surface area (Å²) >= 11 is 0. The number of nitrogens with one attached hydrogen (secondary N) is 4. The molecule has 0 aliphatic rings. The van der Waals surface area contributed by atoms with E-state index in [2.05, 4.69) is 20.7 Å². The van der Waals surface area contributed by atoms with Gasteiger partial charge in [-0.15, -0.1) is 0 Å². The van der Waals surface area contributed by atoms with Gasteiger partial charge in [-0.1, -0.05) is 45.0 Å². The molecule has 4 N–H and O–H groups in total. The topological polar surface area (TPSA) is 133 Å². The number of carbonyl (C=O) groups is 3. The molecular formula is C26H28N4O5S. The van der Waals surface area contributed by atoms with Crippen LogP contribution in [-0.4, -0.2) is 26.1 Å². The minimum absolute atomic E-state index is 0.0710.